The largest absolute Gasteiger partial charge is 0.370 e. The zero-order chi connectivity index (χ0) is 7.56. The molecule has 10 heavy (non-hydrogen) atoms. The van der Waals surface area contributed by atoms with Gasteiger partial charge in [-0.25, -0.2) is 0 Å². The summed E-state index contributed by atoms with van der Waals surface area (Å²) in [5.41, 5.74) is 5.03. The molecule has 0 unspecified atom stereocenters. The maximum Gasteiger partial charge on any atom is 0.217 e. The number of primary amides is 1. The van der Waals surface area contributed by atoms with E-state index in [4.69, 9.17) is 5.73 Å². The third kappa shape index (κ3) is 1.70. The fourth-order valence-corrected chi connectivity index (χ4v) is 1.42. The Hall–Kier alpha value is -0.570. The minimum absolute atomic E-state index is 0.167. The van der Waals surface area contributed by atoms with Crippen molar-refractivity contribution in [1.29, 1.82) is 0 Å². The fourth-order valence-electron chi connectivity index (χ4n) is 1.42. The van der Waals surface area contributed by atoms with E-state index in [1.807, 2.05) is 7.05 Å². The number of carbonyl (C=O) groups excluding carboxylic acids is 1. The topological polar surface area (TPSA) is 55.1 Å². The molecule has 0 spiro atoms. The highest BCUT2D eigenvalue weighted by Crippen LogP contribution is 2.29. The van der Waals surface area contributed by atoms with Crippen LogP contribution in [0, 0.1) is 5.92 Å². The van der Waals surface area contributed by atoms with Crippen LogP contribution in [0.2, 0.25) is 0 Å². The lowest BCUT2D eigenvalue weighted by Crippen LogP contribution is -2.40. The summed E-state index contributed by atoms with van der Waals surface area (Å²) < 4.78 is 0. The van der Waals surface area contributed by atoms with Gasteiger partial charge in [0, 0.05) is 12.5 Å². The second-order valence-corrected chi connectivity index (χ2v) is 2.99. The number of nitrogens with two attached hydrogens (primary N) is 1. The molecule has 3 nitrogen and oxygen atoms in total. The highest BCUT2D eigenvalue weighted by atomic mass is 16.1. The van der Waals surface area contributed by atoms with Gasteiger partial charge in [0.1, 0.15) is 0 Å². The Morgan fingerprint density at radius 2 is 2.30 bits per heavy atom. The summed E-state index contributed by atoms with van der Waals surface area (Å²) in [5.74, 6) is 0.384. The van der Waals surface area contributed by atoms with Crippen molar-refractivity contribution in [3.05, 3.63) is 0 Å². The van der Waals surface area contributed by atoms with Crippen molar-refractivity contribution >= 4 is 5.91 Å². The molecule has 0 atom stereocenters. The van der Waals surface area contributed by atoms with Gasteiger partial charge in [0.25, 0.3) is 0 Å². The van der Waals surface area contributed by atoms with Gasteiger partial charge in [-0.2, -0.15) is 0 Å². The van der Waals surface area contributed by atoms with E-state index in [0.717, 1.165) is 12.8 Å². The predicted molar refractivity (Wildman–Crippen MR) is 39.4 cm³/mol. The molecule has 1 aliphatic rings. The molecule has 0 aromatic rings. The number of carbonyl (C=O) groups is 1. The summed E-state index contributed by atoms with van der Waals surface area (Å²) in [6.45, 7) is 0. The van der Waals surface area contributed by atoms with E-state index < -0.39 is 0 Å². The summed E-state index contributed by atoms with van der Waals surface area (Å²) >= 11 is 0. The van der Waals surface area contributed by atoms with Crippen LogP contribution >= 0.6 is 0 Å². The third-order valence-electron chi connectivity index (χ3n) is 2.13. The lowest BCUT2D eigenvalue weighted by molar-refractivity contribution is -0.119. The van der Waals surface area contributed by atoms with E-state index in [-0.39, 0.29) is 5.91 Å². The van der Waals surface area contributed by atoms with Crippen LogP contribution in [0.15, 0.2) is 0 Å². The summed E-state index contributed by atoms with van der Waals surface area (Å²) in [7, 11) is 1.95. The Kier molecular flexibility index (Phi) is 2.27. The molecule has 1 fully saturated rings. The molecule has 58 valence electrons. The van der Waals surface area contributed by atoms with Crippen molar-refractivity contribution in [2.75, 3.05) is 7.05 Å². The van der Waals surface area contributed by atoms with E-state index in [0.29, 0.717) is 18.4 Å². The molecular formula is C7H14N2O. The van der Waals surface area contributed by atoms with Crippen LogP contribution in [0.4, 0.5) is 0 Å². The normalized spacial score (nSPS) is 31.3. The monoisotopic (exact) mass is 142 g/mol. The first-order valence-corrected chi connectivity index (χ1v) is 3.68. The predicted octanol–water partition coefficient (Wildman–Crippen LogP) is -0.140. The molecule has 1 rings (SSSR count). The van der Waals surface area contributed by atoms with Crippen molar-refractivity contribution in [2.45, 2.75) is 25.3 Å². The van der Waals surface area contributed by atoms with Gasteiger partial charge in [-0.05, 0) is 25.8 Å². The number of rotatable bonds is 3. The molecule has 0 heterocycles. The van der Waals surface area contributed by atoms with Crippen LogP contribution < -0.4 is 11.1 Å². The molecule has 3 heteroatoms. The maximum absolute atomic E-state index is 10.4. The lowest BCUT2D eigenvalue weighted by atomic mass is 9.78. The SMILES string of the molecule is CNC1CC(CC(N)=O)C1. The minimum Gasteiger partial charge on any atom is -0.370 e. The molecule has 0 radical (unpaired) electrons. The van der Waals surface area contributed by atoms with Gasteiger partial charge in [-0.3, -0.25) is 4.79 Å². The van der Waals surface area contributed by atoms with Crippen LogP contribution in [0.3, 0.4) is 0 Å². The fraction of sp³-hybridized carbons (Fsp3) is 0.857. The van der Waals surface area contributed by atoms with Gasteiger partial charge >= 0.3 is 0 Å². The van der Waals surface area contributed by atoms with Crippen LogP contribution in [-0.4, -0.2) is 19.0 Å². The second kappa shape index (κ2) is 3.01. The van der Waals surface area contributed by atoms with E-state index in [2.05, 4.69) is 5.32 Å². The van der Waals surface area contributed by atoms with E-state index in [1.165, 1.54) is 0 Å². The van der Waals surface area contributed by atoms with Gasteiger partial charge < -0.3 is 11.1 Å². The summed E-state index contributed by atoms with van der Waals surface area (Å²) in [6.07, 6.45) is 2.79. The van der Waals surface area contributed by atoms with Gasteiger partial charge in [0.05, 0.1) is 0 Å². The van der Waals surface area contributed by atoms with Crippen LogP contribution in [-0.2, 0) is 4.79 Å². The van der Waals surface area contributed by atoms with Crippen molar-refractivity contribution in [2.24, 2.45) is 11.7 Å². The first-order chi connectivity index (χ1) is 4.72. The summed E-state index contributed by atoms with van der Waals surface area (Å²) in [5, 5.41) is 3.15. The van der Waals surface area contributed by atoms with Gasteiger partial charge in [-0.1, -0.05) is 0 Å². The molecule has 0 aromatic carbocycles. The molecule has 1 saturated carbocycles. The molecule has 0 bridgehead atoms. The third-order valence-corrected chi connectivity index (χ3v) is 2.13. The van der Waals surface area contributed by atoms with Crippen LogP contribution in [0.25, 0.3) is 0 Å². The first kappa shape index (κ1) is 7.54. The summed E-state index contributed by atoms with van der Waals surface area (Å²) in [4.78, 5) is 10.4. The molecular weight excluding hydrogens is 128 g/mol. The van der Waals surface area contributed by atoms with Crippen molar-refractivity contribution in [3.8, 4) is 0 Å². The zero-order valence-corrected chi connectivity index (χ0v) is 6.26. The molecule has 3 N–H and O–H groups in total. The quantitative estimate of drug-likeness (QED) is 0.576. The molecule has 1 amide bonds. The number of hydrogen-bond acceptors (Lipinski definition) is 2. The standard InChI is InChI=1S/C7H14N2O/c1-9-6-2-5(3-6)4-7(8)10/h5-6,9H,2-4H2,1H3,(H2,8,10). The highest BCUT2D eigenvalue weighted by Gasteiger charge is 2.28. The van der Waals surface area contributed by atoms with E-state index in [1.54, 1.807) is 0 Å². The van der Waals surface area contributed by atoms with Gasteiger partial charge in [0.2, 0.25) is 5.91 Å². The van der Waals surface area contributed by atoms with Crippen LogP contribution in [0.5, 0.6) is 0 Å². The lowest BCUT2D eigenvalue weighted by Gasteiger charge is -2.34. The Bertz CT molecular complexity index is 130. The molecule has 0 saturated heterocycles. The van der Waals surface area contributed by atoms with Gasteiger partial charge in [-0.15, -0.1) is 0 Å². The highest BCUT2D eigenvalue weighted by molar-refractivity contribution is 5.74. The Labute approximate surface area is 61.0 Å². The van der Waals surface area contributed by atoms with E-state index >= 15 is 0 Å². The van der Waals surface area contributed by atoms with Crippen molar-refractivity contribution in [1.82, 2.24) is 5.32 Å². The Morgan fingerprint density at radius 1 is 1.70 bits per heavy atom. The number of amides is 1. The number of hydrogen-bond donors (Lipinski definition) is 2. The minimum atomic E-state index is -0.167. The van der Waals surface area contributed by atoms with Crippen LogP contribution in [0.1, 0.15) is 19.3 Å². The Balaban J connectivity index is 2.08. The smallest absolute Gasteiger partial charge is 0.217 e. The average Bonchev–Trinajstić information content (AvgIpc) is 1.76. The number of nitrogens with one attached hydrogen (secondary N) is 1. The first-order valence-electron chi connectivity index (χ1n) is 3.68. The molecule has 0 aromatic heterocycles. The molecule has 1 aliphatic carbocycles. The van der Waals surface area contributed by atoms with Crippen molar-refractivity contribution in [3.63, 3.8) is 0 Å². The second-order valence-electron chi connectivity index (χ2n) is 2.99. The average molecular weight is 142 g/mol. The van der Waals surface area contributed by atoms with Crippen molar-refractivity contribution < 1.29 is 4.79 Å². The van der Waals surface area contributed by atoms with E-state index in [9.17, 15) is 4.79 Å². The zero-order valence-electron chi connectivity index (χ0n) is 6.26. The molecule has 0 aliphatic heterocycles. The van der Waals surface area contributed by atoms with Gasteiger partial charge in [0.15, 0.2) is 0 Å². The maximum atomic E-state index is 10.4. The Morgan fingerprint density at radius 3 is 2.70 bits per heavy atom. The summed E-state index contributed by atoms with van der Waals surface area (Å²) in [6, 6.07) is 0.629.